The van der Waals surface area contributed by atoms with Crippen molar-refractivity contribution in [1.82, 2.24) is 0 Å². The van der Waals surface area contributed by atoms with E-state index in [4.69, 9.17) is 15.2 Å². The van der Waals surface area contributed by atoms with Gasteiger partial charge in [-0.15, -0.1) is 0 Å². The SMILES string of the molecule is NCCOc1c(Br)cc(OCC=C(Br)Br)cc1Br. The van der Waals surface area contributed by atoms with E-state index in [9.17, 15) is 0 Å². The molecule has 0 saturated heterocycles. The monoisotopic (exact) mass is 505 g/mol. The number of rotatable bonds is 6. The van der Waals surface area contributed by atoms with Crippen LogP contribution in [0.25, 0.3) is 0 Å². The van der Waals surface area contributed by atoms with Crippen molar-refractivity contribution in [3.05, 3.63) is 30.5 Å². The maximum atomic E-state index is 5.56. The van der Waals surface area contributed by atoms with Gasteiger partial charge in [-0.05, 0) is 81.9 Å². The lowest BCUT2D eigenvalue weighted by atomic mass is 10.3. The maximum Gasteiger partial charge on any atom is 0.147 e. The van der Waals surface area contributed by atoms with Gasteiger partial charge in [-0.2, -0.15) is 0 Å². The number of nitrogens with two attached hydrogens (primary N) is 1. The molecule has 0 aliphatic carbocycles. The van der Waals surface area contributed by atoms with E-state index in [1.807, 2.05) is 18.2 Å². The summed E-state index contributed by atoms with van der Waals surface area (Å²) in [5, 5.41) is 0. The van der Waals surface area contributed by atoms with E-state index in [2.05, 4.69) is 63.7 Å². The van der Waals surface area contributed by atoms with Gasteiger partial charge < -0.3 is 15.2 Å². The molecule has 0 spiro atoms. The second-order valence-corrected chi connectivity index (χ2v) is 7.64. The second kappa shape index (κ2) is 8.58. The molecule has 0 atom stereocenters. The highest BCUT2D eigenvalue weighted by Crippen LogP contribution is 2.37. The molecule has 0 radical (unpaired) electrons. The predicted molar refractivity (Wildman–Crippen MR) is 87.8 cm³/mol. The van der Waals surface area contributed by atoms with E-state index >= 15 is 0 Å². The largest absolute Gasteiger partial charge is 0.490 e. The number of benzene rings is 1. The van der Waals surface area contributed by atoms with Crippen LogP contribution in [0.1, 0.15) is 0 Å². The highest BCUT2D eigenvalue weighted by molar-refractivity contribution is 9.28. The Morgan fingerprint density at radius 3 is 2.28 bits per heavy atom. The fourth-order valence-corrected chi connectivity index (χ4v) is 2.76. The fraction of sp³-hybridized carbons (Fsp3) is 0.273. The van der Waals surface area contributed by atoms with Crippen molar-refractivity contribution in [2.24, 2.45) is 5.73 Å². The van der Waals surface area contributed by atoms with Crippen molar-refractivity contribution in [2.75, 3.05) is 19.8 Å². The third-order valence-corrected chi connectivity index (χ3v) is 3.65. The molecule has 0 unspecified atom stereocenters. The molecule has 1 aromatic rings. The first-order chi connectivity index (χ1) is 8.54. The Balaban J connectivity index is 2.76. The van der Waals surface area contributed by atoms with Crippen LogP contribution in [-0.2, 0) is 0 Å². The van der Waals surface area contributed by atoms with Gasteiger partial charge >= 0.3 is 0 Å². The van der Waals surface area contributed by atoms with Crippen LogP contribution in [0.2, 0.25) is 0 Å². The quantitative estimate of drug-likeness (QED) is 0.613. The molecule has 0 aliphatic rings. The van der Waals surface area contributed by atoms with Crippen LogP contribution in [0, 0.1) is 0 Å². The number of ether oxygens (including phenoxy) is 2. The Bertz CT molecular complexity index is 410. The summed E-state index contributed by atoms with van der Waals surface area (Å²) >= 11 is 13.4. The molecule has 1 aromatic carbocycles. The van der Waals surface area contributed by atoms with E-state index in [1.165, 1.54) is 0 Å². The van der Waals surface area contributed by atoms with Crippen molar-refractivity contribution < 1.29 is 9.47 Å². The van der Waals surface area contributed by atoms with Gasteiger partial charge in [0, 0.05) is 6.54 Å². The average Bonchev–Trinajstić information content (AvgIpc) is 2.27. The van der Waals surface area contributed by atoms with Crippen molar-refractivity contribution in [2.45, 2.75) is 0 Å². The zero-order valence-electron chi connectivity index (χ0n) is 9.26. The van der Waals surface area contributed by atoms with Crippen molar-refractivity contribution in [1.29, 1.82) is 0 Å². The lowest BCUT2D eigenvalue weighted by Gasteiger charge is -2.11. The van der Waals surface area contributed by atoms with Gasteiger partial charge in [0.25, 0.3) is 0 Å². The van der Waals surface area contributed by atoms with E-state index < -0.39 is 0 Å². The minimum absolute atomic E-state index is 0.466. The predicted octanol–water partition coefficient (Wildman–Crippen LogP) is 4.56. The molecule has 0 aliphatic heterocycles. The van der Waals surface area contributed by atoms with Gasteiger partial charge in [-0.1, -0.05) is 0 Å². The molecule has 1 rings (SSSR count). The molecule has 0 heterocycles. The molecule has 0 saturated carbocycles. The molecular formula is C11H11Br4NO2. The van der Waals surface area contributed by atoms with E-state index in [0.29, 0.717) is 19.8 Å². The van der Waals surface area contributed by atoms with Gasteiger partial charge in [0.2, 0.25) is 0 Å². The van der Waals surface area contributed by atoms with E-state index in [1.54, 1.807) is 0 Å². The van der Waals surface area contributed by atoms with Crippen LogP contribution in [0.15, 0.2) is 30.5 Å². The first-order valence-electron chi connectivity index (χ1n) is 5.00. The van der Waals surface area contributed by atoms with Gasteiger partial charge in [0.05, 0.1) is 12.3 Å². The minimum atomic E-state index is 0.466. The van der Waals surface area contributed by atoms with Crippen LogP contribution in [0.3, 0.4) is 0 Å². The molecule has 2 N–H and O–H groups in total. The molecular weight excluding hydrogens is 498 g/mol. The van der Waals surface area contributed by atoms with Gasteiger partial charge in [0.1, 0.15) is 24.7 Å². The lowest BCUT2D eigenvalue weighted by molar-refractivity contribution is 0.321. The van der Waals surface area contributed by atoms with Gasteiger partial charge in [0.15, 0.2) is 0 Å². The molecule has 0 bridgehead atoms. The summed E-state index contributed by atoms with van der Waals surface area (Å²) in [7, 11) is 0. The third kappa shape index (κ3) is 5.61. The first kappa shape index (κ1) is 16.5. The number of halogens is 4. The first-order valence-corrected chi connectivity index (χ1v) is 8.17. The molecule has 0 aromatic heterocycles. The molecule has 100 valence electrons. The molecule has 0 fully saturated rings. The summed E-state index contributed by atoms with van der Waals surface area (Å²) in [4.78, 5) is 0. The maximum absolute atomic E-state index is 5.56. The third-order valence-electron chi connectivity index (χ3n) is 1.82. The topological polar surface area (TPSA) is 44.5 Å². The Kier molecular flexibility index (Phi) is 7.86. The Labute approximate surface area is 140 Å². The summed E-state index contributed by atoms with van der Waals surface area (Å²) in [6, 6.07) is 3.71. The fourth-order valence-electron chi connectivity index (χ4n) is 1.12. The zero-order chi connectivity index (χ0) is 13.5. The molecule has 18 heavy (non-hydrogen) atoms. The summed E-state index contributed by atoms with van der Waals surface area (Å²) in [5.41, 5.74) is 5.40. The summed E-state index contributed by atoms with van der Waals surface area (Å²) in [6.45, 7) is 1.41. The van der Waals surface area contributed by atoms with Crippen LogP contribution in [-0.4, -0.2) is 19.8 Å². The van der Waals surface area contributed by atoms with E-state index in [-0.39, 0.29) is 0 Å². The normalized spacial score (nSPS) is 10.1. The lowest BCUT2D eigenvalue weighted by Crippen LogP contribution is -2.11. The highest BCUT2D eigenvalue weighted by Gasteiger charge is 2.09. The van der Waals surface area contributed by atoms with Gasteiger partial charge in [-0.3, -0.25) is 0 Å². The van der Waals surface area contributed by atoms with Gasteiger partial charge in [-0.25, -0.2) is 0 Å². The number of hydrogen-bond acceptors (Lipinski definition) is 3. The Hall–Kier alpha value is 0.440. The average molecular weight is 509 g/mol. The summed E-state index contributed by atoms with van der Waals surface area (Å²) in [6.07, 6.45) is 1.86. The van der Waals surface area contributed by atoms with Crippen molar-refractivity contribution in [3.8, 4) is 11.5 Å². The second-order valence-electron chi connectivity index (χ2n) is 3.16. The summed E-state index contributed by atoms with van der Waals surface area (Å²) in [5.74, 6) is 1.47. The Morgan fingerprint density at radius 1 is 1.17 bits per heavy atom. The highest BCUT2D eigenvalue weighted by atomic mass is 79.9. The van der Waals surface area contributed by atoms with Crippen LogP contribution in [0.5, 0.6) is 11.5 Å². The standard InChI is InChI=1S/C11H11Br4NO2/c12-8-5-7(17-3-1-10(14)15)6-9(13)11(8)18-4-2-16/h1,5-6H,2-4,16H2. The number of hydrogen-bond donors (Lipinski definition) is 1. The van der Waals surface area contributed by atoms with Crippen molar-refractivity contribution >= 4 is 63.7 Å². The molecule has 0 amide bonds. The van der Waals surface area contributed by atoms with Crippen molar-refractivity contribution in [3.63, 3.8) is 0 Å². The smallest absolute Gasteiger partial charge is 0.147 e. The van der Waals surface area contributed by atoms with Crippen LogP contribution in [0.4, 0.5) is 0 Å². The Morgan fingerprint density at radius 2 is 1.78 bits per heavy atom. The minimum Gasteiger partial charge on any atom is -0.490 e. The summed E-state index contributed by atoms with van der Waals surface area (Å²) < 4.78 is 13.6. The molecule has 7 heteroatoms. The van der Waals surface area contributed by atoms with Crippen LogP contribution >= 0.6 is 63.7 Å². The molecule has 3 nitrogen and oxygen atoms in total. The van der Waals surface area contributed by atoms with E-state index in [0.717, 1.165) is 23.8 Å². The zero-order valence-corrected chi connectivity index (χ0v) is 15.6. The van der Waals surface area contributed by atoms with Crippen LogP contribution < -0.4 is 15.2 Å².